The molecule has 5 aromatic carbocycles. The van der Waals surface area contributed by atoms with Crippen molar-refractivity contribution >= 4 is 11.4 Å². The summed E-state index contributed by atoms with van der Waals surface area (Å²) in [6.45, 7) is 9.24. The van der Waals surface area contributed by atoms with Crippen LogP contribution in [0.25, 0.3) is 44.5 Å². The number of anilines is 2. The molecule has 5 aromatic rings. The van der Waals surface area contributed by atoms with E-state index in [4.69, 9.17) is 11.5 Å². The van der Waals surface area contributed by atoms with Crippen LogP contribution in [0.5, 0.6) is 0 Å². The monoisotopic (exact) mass is 492 g/mol. The van der Waals surface area contributed by atoms with Gasteiger partial charge < -0.3 is 11.5 Å². The van der Waals surface area contributed by atoms with E-state index in [-0.39, 0.29) is 10.8 Å². The molecule has 0 saturated carbocycles. The Kier molecular flexibility index (Phi) is 4.58. The SMILES string of the molecule is CC1(C)c2ccccc2-c2ccc(-c3cc(-c4ccc5c(c4)C(C)(C)c4ccccc4-5)c(N)cc3N)cc21. The molecule has 2 heteroatoms. The lowest BCUT2D eigenvalue weighted by atomic mass is 9.81. The molecule has 4 N–H and O–H groups in total. The van der Waals surface area contributed by atoms with Crippen LogP contribution >= 0.6 is 0 Å². The molecule has 0 unspecified atom stereocenters. The van der Waals surface area contributed by atoms with E-state index >= 15 is 0 Å². The highest BCUT2D eigenvalue weighted by Gasteiger charge is 2.36. The topological polar surface area (TPSA) is 52.0 Å². The first-order chi connectivity index (χ1) is 18.2. The summed E-state index contributed by atoms with van der Waals surface area (Å²) in [5.41, 5.74) is 29.5. The van der Waals surface area contributed by atoms with Gasteiger partial charge >= 0.3 is 0 Å². The molecule has 0 heterocycles. The van der Waals surface area contributed by atoms with Crippen LogP contribution < -0.4 is 11.5 Å². The van der Waals surface area contributed by atoms with Gasteiger partial charge in [0.05, 0.1) is 0 Å². The van der Waals surface area contributed by atoms with Gasteiger partial charge in [-0.25, -0.2) is 0 Å². The maximum Gasteiger partial charge on any atom is 0.0414 e. The van der Waals surface area contributed by atoms with Gasteiger partial charge in [0.2, 0.25) is 0 Å². The first-order valence-electron chi connectivity index (χ1n) is 13.4. The molecule has 2 aliphatic rings. The van der Waals surface area contributed by atoms with Gasteiger partial charge in [-0.1, -0.05) is 100 Å². The Morgan fingerprint density at radius 1 is 0.395 bits per heavy atom. The normalized spacial score (nSPS) is 15.5. The Labute approximate surface area is 225 Å². The molecule has 2 aliphatic carbocycles. The Morgan fingerprint density at radius 2 is 0.789 bits per heavy atom. The molecular formula is C36H32N2. The van der Waals surface area contributed by atoms with Crippen LogP contribution in [0.1, 0.15) is 49.9 Å². The van der Waals surface area contributed by atoms with Crippen molar-refractivity contribution in [1.29, 1.82) is 0 Å². The van der Waals surface area contributed by atoms with E-state index in [1.807, 2.05) is 6.07 Å². The molecule has 2 nitrogen and oxygen atoms in total. The highest BCUT2D eigenvalue weighted by molar-refractivity contribution is 5.92. The zero-order valence-electron chi connectivity index (χ0n) is 22.4. The first-order valence-corrected chi connectivity index (χ1v) is 13.4. The molecule has 0 amide bonds. The van der Waals surface area contributed by atoms with Gasteiger partial charge in [0.15, 0.2) is 0 Å². The Morgan fingerprint density at radius 3 is 1.24 bits per heavy atom. The zero-order chi connectivity index (χ0) is 26.4. The number of fused-ring (bicyclic) bond motifs is 6. The lowest BCUT2D eigenvalue weighted by molar-refractivity contribution is 0.660. The summed E-state index contributed by atoms with van der Waals surface area (Å²) in [6, 6.07) is 35.1. The molecule has 38 heavy (non-hydrogen) atoms. The molecule has 0 aromatic heterocycles. The second kappa shape index (κ2) is 7.61. The van der Waals surface area contributed by atoms with Crippen molar-refractivity contribution < 1.29 is 0 Å². The molecular weight excluding hydrogens is 460 g/mol. The van der Waals surface area contributed by atoms with Gasteiger partial charge in [0.1, 0.15) is 0 Å². The second-order valence-corrected chi connectivity index (χ2v) is 11.9. The molecule has 0 radical (unpaired) electrons. The molecule has 0 saturated heterocycles. The second-order valence-electron chi connectivity index (χ2n) is 11.9. The van der Waals surface area contributed by atoms with E-state index in [1.54, 1.807) is 0 Å². The van der Waals surface area contributed by atoms with E-state index in [0.717, 1.165) is 22.3 Å². The molecule has 186 valence electrons. The van der Waals surface area contributed by atoms with Crippen molar-refractivity contribution in [2.75, 3.05) is 11.5 Å². The van der Waals surface area contributed by atoms with E-state index in [1.165, 1.54) is 44.5 Å². The average molecular weight is 493 g/mol. The predicted molar refractivity (Wildman–Crippen MR) is 161 cm³/mol. The summed E-state index contributed by atoms with van der Waals surface area (Å²) >= 11 is 0. The largest absolute Gasteiger partial charge is 0.398 e. The van der Waals surface area contributed by atoms with Crippen LogP contribution in [0.4, 0.5) is 11.4 Å². The quantitative estimate of drug-likeness (QED) is 0.242. The Bertz CT molecular complexity index is 1660. The molecule has 0 fully saturated rings. The number of benzene rings is 5. The van der Waals surface area contributed by atoms with Crippen LogP contribution in [0.15, 0.2) is 97.1 Å². The van der Waals surface area contributed by atoms with Crippen LogP contribution in [-0.2, 0) is 10.8 Å². The Balaban J connectivity index is 1.36. The summed E-state index contributed by atoms with van der Waals surface area (Å²) in [5, 5.41) is 0. The molecule has 0 aliphatic heterocycles. The van der Waals surface area contributed by atoms with Crippen LogP contribution in [0, 0.1) is 0 Å². The number of hydrogen-bond acceptors (Lipinski definition) is 2. The third kappa shape index (κ3) is 3.01. The fourth-order valence-electron chi connectivity index (χ4n) is 6.88. The van der Waals surface area contributed by atoms with Crippen molar-refractivity contribution in [3.63, 3.8) is 0 Å². The highest BCUT2D eigenvalue weighted by atomic mass is 14.6. The van der Waals surface area contributed by atoms with E-state index in [2.05, 4.69) is 119 Å². The molecule has 7 rings (SSSR count). The van der Waals surface area contributed by atoms with Gasteiger partial charge in [0, 0.05) is 33.3 Å². The third-order valence-electron chi connectivity index (χ3n) is 9.01. The number of nitrogens with two attached hydrogens (primary N) is 2. The van der Waals surface area contributed by atoms with E-state index < -0.39 is 0 Å². The molecule has 0 atom stereocenters. The zero-order valence-corrected chi connectivity index (χ0v) is 22.4. The minimum atomic E-state index is -0.0616. The maximum absolute atomic E-state index is 6.61. The van der Waals surface area contributed by atoms with E-state index in [0.29, 0.717) is 11.4 Å². The highest BCUT2D eigenvalue weighted by Crippen LogP contribution is 2.51. The predicted octanol–water partition coefficient (Wildman–Crippen LogP) is 8.80. The lowest BCUT2D eigenvalue weighted by Gasteiger charge is -2.23. The minimum absolute atomic E-state index is 0.0616. The van der Waals surface area contributed by atoms with Gasteiger partial charge in [-0.15, -0.1) is 0 Å². The minimum Gasteiger partial charge on any atom is -0.398 e. The smallest absolute Gasteiger partial charge is 0.0414 e. The van der Waals surface area contributed by atoms with Crippen molar-refractivity contribution in [2.24, 2.45) is 0 Å². The molecule has 0 bridgehead atoms. The van der Waals surface area contributed by atoms with Gasteiger partial charge in [-0.05, 0) is 79.9 Å². The first kappa shape index (κ1) is 22.9. The number of nitrogen functional groups attached to an aromatic ring is 2. The van der Waals surface area contributed by atoms with Crippen molar-refractivity contribution in [2.45, 2.75) is 38.5 Å². The lowest BCUT2D eigenvalue weighted by Crippen LogP contribution is -2.15. The number of rotatable bonds is 2. The summed E-state index contributed by atoms with van der Waals surface area (Å²) < 4.78 is 0. The summed E-state index contributed by atoms with van der Waals surface area (Å²) in [5.74, 6) is 0. The fourth-order valence-corrected chi connectivity index (χ4v) is 6.88. The summed E-state index contributed by atoms with van der Waals surface area (Å²) in [6.07, 6.45) is 0. The van der Waals surface area contributed by atoms with Crippen molar-refractivity contribution in [3.05, 3.63) is 119 Å². The average Bonchev–Trinajstić information content (AvgIpc) is 3.28. The Hall–Kier alpha value is -4.30. The molecule has 0 spiro atoms. The standard InChI is InChI=1S/C36H32N2/c1-35(2)29-11-7-5-9-23(29)25-15-13-21(17-31(25)35)27-19-28(34(38)20-33(27)37)22-14-16-26-24-10-6-8-12-30(24)36(3,4)32(26)18-22/h5-20H,37-38H2,1-4H3. The van der Waals surface area contributed by atoms with Crippen molar-refractivity contribution in [1.82, 2.24) is 0 Å². The maximum atomic E-state index is 6.61. The van der Waals surface area contributed by atoms with Crippen molar-refractivity contribution in [3.8, 4) is 44.5 Å². The van der Waals surface area contributed by atoms with Gasteiger partial charge in [0.25, 0.3) is 0 Å². The van der Waals surface area contributed by atoms with Gasteiger partial charge in [-0.3, -0.25) is 0 Å². The third-order valence-corrected chi connectivity index (χ3v) is 9.01. The van der Waals surface area contributed by atoms with Crippen LogP contribution in [-0.4, -0.2) is 0 Å². The fraction of sp³-hybridized carbons (Fsp3) is 0.167. The van der Waals surface area contributed by atoms with Crippen LogP contribution in [0.2, 0.25) is 0 Å². The van der Waals surface area contributed by atoms with E-state index in [9.17, 15) is 0 Å². The van der Waals surface area contributed by atoms with Crippen LogP contribution in [0.3, 0.4) is 0 Å². The number of hydrogen-bond donors (Lipinski definition) is 2. The van der Waals surface area contributed by atoms with Gasteiger partial charge in [-0.2, -0.15) is 0 Å². The summed E-state index contributed by atoms with van der Waals surface area (Å²) in [7, 11) is 0. The summed E-state index contributed by atoms with van der Waals surface area (Å²) in [4.78, 5) is 0.